The third kappa shape index (κ3) is 2.36. The standard InChI is InChI=1S/C18H26N2/c1-3-9-18-19-15-11-6-8-13-17(15)20(18)16-12-7-5-10-14(16)4-2/h6,8,11,13-14,16H,3-5,7,9-10,12H2,1-2H3. The maximum absolute atomic E-state index is 4.91. The lowest BCUT2D eigenvalue weighted by Crippen LogP contribution is -2.24. The topological polar surface area (TPSA) is 17.8 Å². The highest BCUT2D eigenvalue weighted by Gasteiger charge is 2.28. The number of nitrogens with zero attached hydrogens (tertiary/aromatic N) is 2. The van der Waals surface area contributed by atoms with Crippen LogP contribution in [0.1, 0.15) is 64.2 Å². The number of benzene rings is 1. The van der Waals surface area contributed by atoms with Crippen LogP contribution >= 0.6 is 0 Å². The minimum atomic E-state index is 0.669. The van der Waals surface area contributed by atoms with Gasteiger partial charge < -0.3 is 4.57 Å². The fourth-order valence-corrected chi connectivity index (χ4v) is 3.87. The quantitative estimate of drug-likeness (QED) is 0.753. The minimum Gasteiger partial charge on any atom is -0.325 e. The third-order valence-corrected chi connectivity index (χ3v) is 4.87. The molecule has 0 radical (unpaired) electrons. The maximum Gasteiger partial charge on any atom is 0.110 e. The van der Waals surface area contributed by atoms with E-state index in [9.17, 15) is 0 Å². The molecule has 2 heteroatoms. The first-order valence-corrected chi connectivity index (χ1v) is 8.31. The molecule has 2 atom stereocenters. The SMILES string of the molecule is CCCc1nc2ccccc2n1C1CCCCC1CC. The van der Waals surface area contributed by atoms with Crippen molar-refractivity contribution in [2.75, 3.05) is 0 Å². The Morgan fingerprint density at radius 2 is 1.95 bits per heavy atom. The van der Waals surface area contributed by atoms with Gasteiger partial charge in [0, 0.05) is 12.5 Å². The summed E-state index contributed by atoms with van der Waals surface area (Å²) in [4.78, 5) is 4.91. The van der Waals surface area contributed by atoms with Crippen LogP contribution in [-0.4, -0.2) is 9.55 Å². The summed E-state index contributed by atoms with van der Waals surface area (Å²) in [5.41, 5.74) is 2.53. The van der Waals surface area contributed by atoms with Crippen molar-refractivity contribution >= 4 is 11.0 Å². The van der Waals surface area contributed by atoms with Gasteiger partial charge in [-0.25, -0.2) is 4.98 Å². The van der Waals surface area contributed by atoms with E-state index in [1.807, 2.05) is 0 Å². The highest BCUT2D eigenvalue weighted by atomic mass is 15.1. The van der Waals surface area contributed by atoms with Crippen LogP contribution in [0.15, 0.2) is 24.3 Å². The van der Waals surface area contributed by atoms with Gasteiger partial charge in [0.2, 0.25) is 0 Å². The second-order valence-corrected chi connectivity index (χ2v) is 6.16. The van der Waals surface area contributed by atoms with E-state index < -0.39 is 0 Å². The van der Waals surface area contributed by atoms with Gasteiger partial charge in [-0.3, -0.25) is 0 Å². The van der Waals surface area contributed by atoms with Crippen molar-refractivity contribution in [2.24, 2.45) is 5.92 Å². The van der Waals surface area contributed by atoms with Gasteiger partial charge in [-0.15, -0.1) is 0 Å². The number of aromatic nitrogens is 2. The lowest BCUT2D eigenvalue weighted by molar-refractivity contribution is 0.232. The number of hydrogen-bond donors (Lipinski definition) is 0. The predicted molar refractivity (Wildman–Crippen MR) is 85.0 cm³/mol. The van der Waals surface area contributed by atoms with Gasteiger partial charge in [-0.2, -0.15) is 0 Å². The number of para-hydroxylation sites is 2. The predicted octanol–water partition coefficient (Wildman–Crippen LogP) is 5.13. The molecule has 0 saturated heterocycles. The molecular formula is C18H26N2. The van der Waals surface area contributed by atoms with Gasteiger partial charge in [-0.1, -0.05) is 45.2 Å². The van der Waals surface area contributed by atoms with Crippen LogP contribution in [0.5, 0.6) is 0 Å². The van der Waals surface area contributed by atoms with Gasteiger partial charge in [-0.05, 0) is 37.3 Å². The largest absolute Gasteiger partial charge is 0.325 e. The summed E-state index contributed by atoms with van der Waals surface area (Å²) in [5.74, 6) is 2.14. The van der Waals surface area contributed by atoms with Crippen molar-refractivity contribution in [1.82, 2.24) is 9.55 Å². The van der Waals surface area contributed by atoms with Crippen molar-refractivity contribution in [3.8, 4) is 0 Å². The van der Waals surface area contributed by atoms with Gasteiger partial charge >= 0.3 is 0 Å². The zero-order valence-corrected chi connectivity index (χ0v) is 12.8. The molecule has 20 heavy (non-hydrogen) atoms. The summed E-state index contributed by atoms with van der Waals surface area (Å²) in [7, 11) is 0. The number of imidazole rings is 1. The normalized spacial score (nSPS) is 23.3. The van der Waals surface area contributed by atoms with E-state index in [0.29, 0.717) is 6.04 Å². The molecular weight excluding hydrogens is 244 g/mol. The fraction of sp³-hybridized carbons (Fsp3) is 0.611. The van der Waals surface area contributed by atoms with Crippen molar-refractivity contribution in [3.63, 3.8) is 0 Å². The summed E-state index contributed by atoms with van der Waals surface area (Å²) < 4.78 is 2.59. The smallest absolute Gasteiger partial charge is 0.110 e. The van der Waals surface area contributed by atoms with Crippen LogP contribution in [0.2, 0.25) is 0 Å². The van der Waals surface area contributed by atoms with E-state index in [1.165, 1.54) is 55.4 Å². The number of fused-ring (bicyclic) bond motifs is 1. The average Bonchev–Trinajstić information content (AvgIpc) is 2.85. The Morgan fingerprint density at radius 3 is 2.75 bits per heavy atom. The van der Waals surface area contributed by atoms with E-state index in [1.54, 1.807) is 0 Å². The highest BCUT2D eigenvalue weighted by Crippen LogP contribution is 2.38. The first kappa shape index (κ1) is 13.7. The molecule has 2 nitrogen and oxygen atoms in total. The molecule has 1 aliphatic rings. The monoisotopic (exact) mass is 270 g/mol. The third-order valence-electron chi connectivity index (χ3n) is 4.87. The molecule has 2 unspecified atom stereocenters. The Bertz CT molecular complexity index is 570. The molecule has 3 rings (SSSR count). The number of aryl methyl sites for hydroxylation is 1. The van der Waals surface area contributed by atoms with Gasteiger partial charge in [0.15, 0.2) is 0 Å². The number of hydrogen-bond acceptors (Lipinski definition) is 1. The van der Waals surface area contributed by atoms with Gasteiger partial charge in [0.05, 0.1) is 11.0 Å². The first-order valence-electron chi connectivity index (χ1n) is 8.31. The Kier molecular flexibility index (Phi) is 4.09. The summed E-state index contributed by atoms with van der Waals surface area (Å²) in [6.45, 7) is 4.60. The minimum absolute atomic E-state index is 0.669. The molecule has 1 aromatic heterocycles. The van der Waals surface area contributed by atoms with Gasteiger partial charge in [0.25, 0.3) is 0 Å². The van der Waals surface area contributed by atoms with E-state index >= 15 is 0 Å². The van der Waals surface area contributed by atoms with Crippen LogP contribution in [0.25, 0.3) is 11.0 Å². The number of rotatable bonds is 4. The molecule has 2 aromatic rings. The van der Waals surface area contributed by atoms with E-state index in [4.69, 9.17) is 4.98 Å². The van der Waals surface area contributed by atoms with Crippen LogP contribution in [-0.2, 0) is 6.42 Å². The molecule has 1 heterocycles. The van der Waals surface area contributed by atoms with Crippen LogP contribution in [0.4, 0.5) is 0 Å². The molecule has 0 aliphatic heterocycles. The molecule has 0 bridgehead atoms. The molecule has 0 spiro atoms. The lowest BCUT2D eigenvalue weighted by Gasteiger charge is -2.33. The summed E-state index contributed by atoms with van der Waals surface area (Å²) in [6, 6.07) is 9.34. The first-order chi connectivity index (χ1) is 9.85. The van der Waals surface area contributed by atoms with E-state index in [-0.39, 0.29) is 0 Å². The zero-order chi connectivity index (χ0) is 13.9. The van der Waals surface area contributed by atoms with Crippen LogP contribution < -0.4 is 0 Å². The molecule has 1 aliphatic carbocycles. The van der Waals surface area contributed by atoms with Gasteiger partial charge in [0.1, 0.15) is 5.82 Å². The Labute approximate surface area is 122 Å². The molecule has 108 valence electrons. The van der Waals surface area contributed by atoms with Crippen molar-refractivity contribution in [2.45, 2.75) is 64.8 Å². The van der Waals surface area contributed by atoms with Crippen molar-refractivity contribution < 1.29 is 0 Å². The Balaban J connectivity index is 2.09. The second kappa shape index (κ2) is 5.99. The highest BCUT2D eigenvalue weighted by molar-refractivity contribution is 5.76. The summed E-state index contributed by atoms with van der Waals surface area (Å²) in [5, 5.41) is 0. The maximum atomic E-state index is 4.91. The van der Waals surface area contributed by atoms with Crippen molar-refractivity contribution in [1.29, 1.82) is 0 Å². The molecule has 0 amide bonds. The average molecular weight is 270 g/mol. The molecule has 1 fully saturated rings. The molecule has 1 saturated carbocycles. The summed E-state index contributed by atoms with van der Waals surface area (Å²) in [6.07, 6.45) is 9.07. The Morgan fingerprint density at radius 1 is 1.15 bits per heavy atom. The fourth-order valence-electron chi connectivity index (χ4n) is 3.87. The van der Waals surface area contributed by atoms with Crippen LogP contribution in [0, 0.1) is 5.92 Å². The molecule has 1 aromatic carbocycles. The summed E-state index contributed by atoms with van der Waals surface area (Å²) >= 11 is 0. The van der Waals surface area contributed by atoms with E-state index in [2.05, 4.69) is 42.7 Å². The zero-order valence-electron chi connectivity index (χ0n) is 12.8. The molecule has 0 N–H and O–H groups in total. The lowest BCUT2D eigenvalue weighted by atomic mass is 9.82. The van der Waals surface area contributed by atoms with Crippen molar-refractivity contribution in [3.05, 3.63) is 30.1 Å². The Hall–Kier alpha value is -1.31. The second-order valence-electron chi connectivity index (χ2n) is 6.16. The van der Waals surface area contributed by atoms with Crippen LogP contribution in [0.3, 0.4) is 0 Å². The van der Waals surface area contributed by atoms with E-state index in [0.717, 1.165) is 12.3 Å².